The first-order valence-corrected chi connectivity index (χ1v) is 9.87. The summed E-state index contributed by atoms with van der Waals surface area (Å²) in [4.78, 5) is 35.8. The van der Waals surface area contributed by atoms with Gasteiger partial charge in [0.25, 0.3) is 17.5 Å². The number of hydrogen-bond donors (Lipinski definition) is 2. The first-order chi connectivity index (χ1) is 15.4. The van der Waals surface area contributed by atoms with Crippen LogP contribution in [0.25, 0.3) is 6.08 Å². The number of rotatable bonds is 7. The molecule has 0 aliphatic rings. The molecule has 3 aromatic rings. The van der Waals surface area contributed by atoms with E-state index in [0.29, 0.717) is 5.69 Å². The van der Waals surface area contributed by atoms with Gasteiger partial charge in [-0.05, 0) is 35.9 Å². The molecule has 0 aliphatic carbocycles. The van der Waals surface area contributed by atoms with E-state index in [1.807, 2.05) is 30.3 Å². The number of hydrogen-bond acceptors (Lipinski definition) is 4. The van der Waals surface area contributed by atoms with E-state index in [9.17, 15) is 19.7 Å². The SMILES string of the molecule is O=C(Nc1ccc([N+](=O)[O-])cc1)C(=CC=Cc1ccccc1)NC(=O)c1ccccc1Cl. The number of halogens is 1. The number of non-ortho nitro benzene ring substituents is 1. The number of nitrogens with one attached hydrogen (secondary N) is 2. The largest absolute Gasteiger partial charge is 0.321 e. The summed E-state index contributed by atoms with van der Waals surface area (Å²) in [5, 5.41) is 16.2. The Hall–Kier alpha value is -4.23. The van der Waals surface area contributed by atoms with E-state index in [4.69, 9.17) is 11.6 Å². The lowest BCUT2D eigenvalue weighted by Gasteiger charge is -2.11. The molecule has 0 spiro atoms. The molecule has 3 aromatic carbocycles. The average Bonchev–Trinajstić information content (AvgIpc) is 2.79. The monoisotopic (exact) mass is 447 g/mol. The molecule has 0 saturated carbocycles. The van der Waals surface area contributed by atoms with Crippen molar-refractivity contribution in [1.29, 1.82) is 0 Å². The minimum atomic E-state index is -0.600. The minimum absolute atomic E-state index is 0.0274. The van der Waals surface area contributed by atoms with Crippen LogP contribution in [0.3, 0.4) is 0 Å². The summed E-state index contributed by atoms with van der Waals surface area (Å²) in [5.41, 5.74) is 1.34. The topological polar surface area (TPSA) is 101 Å². The first kappa shape index (κ1) is 22.5. The predicted octanol–water partition coefficient (Wildman–Crippen LogP) is 5.21. The number of benzene rings is 3. The molecule has 0 aromatic heterocycles. The van der Waals surface area contributed by atoms with Gasteiger partial charge in [-0.2, -0.15) is 0 Å². The summed E-state index contributed by atoms with van der Waals surface area (Å²) in [7, 11) is 0. The standard InChI is InChI=1S/C24H18ClN3O4/c25-21-11-5-4-10-20(21)23(29)27-22(12-6-9-17-7-2-1-3-8-17)24(30)26-18-13-15-19(16-14-18)28(31)32/h1-16H,(H,26,30)(H,27,29). The summed E-state index contributed by atoms with van der Waals surface area (Å²) in [6.07, 6.45) is 4.87. The van der Waals surface area contributed by atoms with Crippen molar-refractivity contribution < 1.29 is 14.5 Å². The lowest BCUT2D eigenvalue weighted by molar-refractivity contribution is -0.384. The van der Waals surface area contributed by atoms with Crippen LogP contribution in [0.1, 0.15) is 15.9 Å². The molecular formula is C24H18ClN3O4. The summed E-state index contributed by atoms with van der Waals surface area (Å²) >= 11 is 6.09. The second-order valence-electron chi connectivity index (χ2n) is 6.54. The summed E-state index contributed by atoms with van der Waals surface area (Å²) < 4.78 is 0. The van der Waals surface area contributed by atoms with Crippen molar-refractivity contribution in [3.63, 3.8) is 0 Å². The van der Waals surface area contributed by atoms with Crippen molar-refractivity contribution in [2.24, 2.45) is 0 Å². The Labute approximate surface area is 189 Å². The number of nitro benzene ring substituents is 1. The molecule has 8 heteroatoms. The van der Waals surface area contributed by atoms with Crippen LogP contribution in [-0.2, 0) is 4.79 Å². The maximum atomic E-state index is 12.8. The highest BCUT2D eigenvalue weighted by atomic mass is 35.5. The van der Waals surface area contributed by atoms with Gasteiger partial charge < -0.3 is 10.6 Å². The molecule has 2 N–H and O–H groups in total. The van der Waals surface area contributed by atoms with Crippen molar-refractivity contribution in [2.75, 3.05) is 5.32 Å². The van der Waals surface area contributed by atoms with Gasteiger partial charge in [0.2, 0.25) is 0 Å². The Balaban J connectivity index is 1.83. The molecule has 0 bridgehead atoms. The van der Waals surface area contributed by atoms with Crippen LogP contribution in [0.4, 0.5) is 11.4 Å². The molecule has 0 radical (unpaired) electrons. The molecule has 2 amide bonds. The molecule has 3 rings (SSSR count). The second-order valence-corrected chi connectivity index (χ2v) is 6.95. The predicted molar refractivity (Wildman–Crippen MR) is 124 cm³/mol. The maximum Gasteiger partial charge on any atom is 0.272 e. The molecule has 32 heavy (non-hydrogen) atoms. The maximum absolute atomic E-state index is 12.8. The van der Waals surface area contributed by atoms with Crippen molar-refractivity contribution in [3.05, 3.63) is 123 Å². The fourth-order valence-corrected chi connectivity index (χ4v) is 2.92. The van der Waals surface area contributed by atoms with Gasteiger partial charge in [0, 0.05) is 17.8 Å². The third-order valence-corrected chi connectivity index (χ3v) is 4.63. The van der Waals surface area contributed by atoms with Gasteiger partial charge in [-0.3, -0.25) is 19.7 Å². The number of carbonyl (C=O) groups excluding carboxylic acids is 2. The van der Waals surface area contributed by atoms with Crippen LogP contribution < -0.4 is 10.6 Å². The Morgan fingerprint density at radius 1 is 0.906 bits per heavy atom. The van der Waals surface area contributed by atoms with Crippen molar-refractivity contribution in [1.82, 2.24) is 5.32 Å². The molecule has 0 saturated heterocycles. The smallest absolute Gasteiger partial charge is 0.272 e. The molecule has 0 unspecified atom stereocenters. The van der Waals surface area contributed by atoms with Crippen LogP contribution >= 0.6 is 11.6 Å². The van der Waals surface area contributed by atoms with Crippen LogP contribution in [-0.4, -0.2) is 16.7 Å². The molecule has 0 aliphatic heterocycles. The van der Waals surface area contributed by atoms with E-state index in [2.05, 4.69) is 10.6 Å². The number of allylic oxidation sites excluding steroid dienone is 2. The fourth-order valence-electron chi connectivity index (χ4n) is 2.69. The summed E-state index contributed by atoms with van der Waals surface area (Å²) in [6, 6.07) is 21.3. The molecule has 160 valence electrons. The van der Waals surface area contributed by atoms with Gasteiger partial charge >= 0.3 is 0 Å². The quantitative estimate of drug-likeness (QED) is 0.224. The van der Waals surface area contributed by atoms with Crippen molar-refractivity contribution in [3.8, 4) is 0 Å². The third-order valence-electron chi connectivity index (χ3n) is 4.30. The lowest BCUT2D eigenvalue weighted by Crippen LogP contribution is -2.31. The molecular weight excluding hydrogens is 430 g/mol. The number of nitrogens with zero attached hydrogens (tertiary/aromatic N) is 1. The summed E-state index contributed by atoms with van der Waals surface area (Å²) in [5.74, 6) is -1.15. The Morgan fingerprint density at radius 2 is 1.56 bits per heavy atom. The highest BCUT2D eigenvalue weighted by Gasteiger charge is 2.16. The average molecular weight is 448 g/mol. The van der Waals surface area contributed by atoms with Crippen LogP contribution in [0.2, 0.25) is 5.02 Å². The van der Waals surface area contributed by atoms with Gasteiger partial charge in [0.05, 0.1) is 15.5 Å². The van der Waals surface area contributed by atoms with E-state index in [0.717, 1.165) is 5.56 Å². The van der Waals surface area contributed by atoms with E-state index in [1.165, 1.54) is 30.3 Å². The highest BCUT2D eigenvalue weighted by Crippen LogP contribution is 2.17. The first-order valence-electron chi connectivity index (χ1n) is 9.49. The number of amides is 2. The third kappa shape index (κ3) is 6.13. The van der Waals surface area contributed by atoms with Crippen LogP contribution in [0.15, 0.2) is 96.7 Å². The fraction of sp³-hybridized carbons (Fsp3) is 0. The zero-order chi connectivity index (χ0) is 22.9. The van der Waals surface area contributed by atoms with E-state index >= 15 is 0 Å². The van der Waals surface area contributed by atoms with Crippen LogP contribution in [0.5, 0.6) is 0 Å². The Bertz CT molecular complexity index is 1190. The summed E-state index contributed by atoms with van der Waals surface area (Å²) in [6.45, 7) is 0. The molecule has 0 heterocycles. The number of anilines is 1. The van der Waals surface area contributed by atoms with Gasteiger partial charge in [0.15, 0.2) is 0 Å². The van der Waals surface area contributed by atoms with Gasteiger partial charge in [0.1, 0.15) is 5.70 Å². The van der Waals surface area contributed by atoms with Gasteiger partial charge in [-0.15, -0.1) is 0 Å². The van der Waals surface area contributed by atoms with Crippen molar-refractivity contribution >= 4 is 40.9 Å². The van der Waals surface area contributed by atoms with E-state index in [-0.39, 0.29) is 22.0 Å². The normalized spacial score (nSPS) is 11.2. The van der Waals surface area contributed by atoms with Gasteiger partial charge in [-0.25, -0.2) is 0 Å². The molecule has 7 nitrogen and oxygen atoms in total. The zero-order valence-corrected chi connectivity index (χ0v) is 17.5. The zero-order valence-electron chi connectivity index (χ0n) is 16.7. The Kier molecular flexibility index (Phi) is 7.51. The van der Waals surface area contributed by atoms with E-state index < -0.39 is 16.7 Å². The molecule has 0 atom stereocenters. The van der Waals surface area contributed by atoms with Crippen LogP contribution in [0, 0.1) is 10.1 Å². The number of carbonyl (C=O) groups is 2. The molecule has 0 fully saturated rings. The highest BCUT2D eigenvalue weighted by molar-refractivity contribution is 6.34. The van der Waals surface area contributed by atoms with Crippen molar-refractivity contribution in [2.45, 2.75) is 0 Å². The second kappa shape index (κ2) is 10.7. The minimum Gasteiger partial charge on any atom is -0.321 e. The van der Waals surface area contributed by atoms with E-state index in [1.54, 1.807) is 36.4 Å². The lowest BCUT2D eigenvalue weighted by atomic mass is 10.2. The number of nitro groups is 1. The van der Waals surface area contributed by atoms with Gasteiger partial charge in [-0.1, -0.05) is 66.2 Å². The Morgan fingerprint density at radius 3 is 2.22 bits per heavy atom.